The van der Waals surface area contributed by atoms with Crippen molar-refractivity contribution in [2.75, 3.05) is 11.9 Å². The molecule has 1 aliphatic heterocycles. The molecule has 4 nitrogen and oxygen atoms in total. The molecule has 0 saturated heterocycles. The Kier molecular flexibility index (Phi) is 4.68. The number of H-pyrrole nitrogens is 1. The summed E-state index contributed by atoms with van der Waals surface area (Å²) in [6.07, 6.45) is 0.688. The number of carbonyl (C=O) groups excluding carboxylic acids is 1. The summed E-state index contributed by atoms with van der Waals surface area (Å²) >= 11 is 6.05. The average molecular weight is 420 g/mol. The van der Waals surface area contributed by atoms with Crippen LogP contribution in [-0.4, -0.2) is 22.5 Å². The number of anilines is 1. The number of para-hydroxylation sites is 1. The lowest BCUT2D eigenvalue weighted by atomic mass is 9.92. The van der Waals surface area contributed by atoms with Crippen LogP contribution in [-0.2, 0) is 6.42 Å². The van der Waals surface area contributed by atoms with E-state index in [1.807, 2.05) is 18.2 Å². The second kappa shape index (κ2) is 7.50. The second-order valence-corrected chi connectivity index (χ2v) is 7.81. The number of aromatic amines is 1. The fourth-order valence-electron chi connectivity index (χ4n) is 4.24. The molecule has 6 heteroatoms. The number of hydrogen-bond donors (Lipinski definition) is 2. The molecule has 0 unspecified atom stereocenters. The van der Waals surface area contributed by atoms with Gasteiger partial charge in [0.1, 0.15) is 11.9 Å². The van der Waals surface area contributed by atoms with Crippen LogP contribution in [0.5, 0.6) is 0 Å². The fraction of sp³-hybridized carbons (Fsp3) is 0.125. The third kappa shape index (κ3) is 3.21. The fourth-order valence-corrected chi connectivity index (χ4v) is 4.43. The maximum atomic E-state index is 14.9. The first-order chi connectivity index (χ1) is 14.6. The molecule has 3 aromatic carbocycles. The number of benzene rings is 3. The highest BCUT2D eigenvalue weighted by atomic mass is 35.5. The van der Waals surface area contributed by atoms with Crippen LogP contribution in [0.2, 0.25) is 5.02 Å². The second-order valence-electron chi connectivity index (χ2n) is 7.37. The van der Waals surface area contributed by atoms with E-state index in [0.29, 0.717) is 29.2 Å². The Bertz CT molecular complexity index is 1250. The number of fused-ring (bicyclic) bond motifs is 3. The van der Waals surface area contributed by atoms with Crippen LogP contribution in [0.4, 0.5) is 14.9 Å². The number of halogens is 2. The SMILES string of the molecule is O=C(Nc1cccc(Cl)c1)N1CCc2c([nH]c3ccccc23)[C@@H]1c1ccccc1F. The molecule has 0 saturated carbocycles. The summed E-state index contributed by atoms with van der Waals surface area (Å²) in [5.41, 5.74) is 4.04. The Morgan fingerprint density at radius 3 is 2.70 bits per heavy atom. The lowest BCUT2D eigenvalue weighted by Gasteiger charge is -2.36. The molecule has 0 aliphatic carbocycles. The third-order valence-electron chi connectivity index (χ3n) is 5.57. The monoisotopic (exact) mass is 419 g/mol. The van der Waals surface area contributed by atoms with Gasteiger partial charge in [0.15, 0.2) is 0 Å². The Hall–Kier alpha value is -3.31. The first-order valence-electron chi connectivity index (χ1n) is 9.79. The number of carbonyl (C=O) groups is 1. The van der Waals surface area contributed by atoms with E-state index in [1.165, 1.54) is 6.07 Å². The van der Waals surface area contributed by atoms with Crippen molar-refractivity contribution in [3.63, 3.8) is 0 Å². The predicted octanol–water partition coefficient (Wildman–Crippen LogP) is 6.14. The average Bonchev–Trinajstić information content (AvgIpc) is 3.12. The van der Waals surface area contributed by atoms with Gasteiger partial charge in [-0.15, -0.1) is 0 Å². The normalized spacial score (nSPS) is 15.8. The lowest BCUT2D eigenvalue weighted by Crippen LogP contribution is -2.43. The minimum absolute atomic E-state index is 0.296. The maximum absolute atomic E-state index is 14.9. The van der Waals surface area contributed by atoms with Crippen molar-refractivity contribution in [3.8, 4) is 0 Å². The molecule has 0 fully saturated rings. The van der Waals surface area contributed by atoms with Gasteiger partial charge in [-0.25, -0.2) is 9.18 Å². The Labute approximate surface area is 178 Å². The summed E-state index contributed by atoms with van der Waals surface area (Å²) in [5, 5.41) is 4.55. The molecular weight excluding hydrogens is 401 g/mol. The van der Waals surface area contributed by atoms with E-state index >= 15 is 0 Å². The molecule has 4 aromatic rings. The maximum Gasteiger partial charge on any atom is 0.322 e. The van der Waals surface area contributed by atoms with Crippen molar-refractivity contribution in [1.82, 2.24) is 9.88 Å². The summed E-state index contributed by atoms with van der Waals surface area (Å²) in [6.45, 7) is 0.472. The number of nitrogens with zero attached hydrogens (tertiary/aromatic N) is 1. The molecule has 30 heavy (non-hydrogen) atoms. The molecule has 1 atom stereocenters. The summed E-state index contributed by atoms with van der Waals surface area (Å²) < 4.78 is 14.9. The summed E-state index contributed by atoms with van der Waals surface area (Å²) in [4.78, 5) is 18.4. The molecule has 2 N–H and O–H groups in total. The van der Waals surface area contributed by atoms with Crippen molar-refractivity contribution >= 4 is 34.2 Å². The van der Waals surface area contributed by atoms with Crippen LogP contribution in [0.15, 0.2) is 72.8 Å². The van der Waals surface area contributed by atoms with E-state index in [4.69, 9.17) is 11.6 Å². The van der Waals surface area contributed by atoms with Gasteiger partial charge in [-0.1, -0.05) is 54.1 Å². The van der Waals surface area contributed by atoms with E-state index in [9.17, 15) is 9.18 Å². The van der Waals surface area contributed by atoms with Gasteiger partial charge in [0.05, 0.1) is 0 Å². The van der Waals surface area contributed by atoms with Gasteiger partial charge < -0.3 is 15.2 Å². The van der Waals surface area contributed by atoms with Crippen LogP contribution in [0.3, 0.4) is 0 Å². The van der Waals surface area contributed by atoms with Gasteiger partial charge in [-0.2, -0.15) is 0 Å². The van der Waals surface area contributed by atoms with Gasteiger partial charge in [-0.05, 0) is 42.3 Å². The van der Waals surface area contributed by atoms with E-state index < -0.39 is 6.04 Å². The van der Waals surface area contributed by atoms with E-state index in [0.717, 1.165) is 22.2 Å². The molecule has 5 rings (SSSR count). The number of urea groups is 1. The zero-order chi connectivity index (χ0) is 20.7. The molecule has 2 heterocycles. The predicted molar refractivity (Wildman–Crippen MR) is 117 cm³/mol. The van der Waals surface area contributed by atoms with Crippen molar-refractivity contribution in [3.05, 3.63) is 100 Å². The highest BCUT2D eigenvalue weighted by Gasteiger charge is 2.35. The molecule has 0 spiro atoms. The summed E-state index contributed by atoms with van der Waals surface area (Å²) in [6, 6.07) is 20.8. The van der Waals surface area contributed by atoms with Crippen molar-refractivity contribution in [2.45, 2.75) is 12.5 Å². The Morgan fingerprint density at radius 1 is 1.07 bits per heavy atom. The highest BCUT2D eigenvalue weighted by Crippen LogP contribution is 2.39. The topological polar surface area (TPSA) is 48.1 Å². The van der Waals surface area contributed by atoms with Crippen LogP contribution in [0.1, 0.15) is 22.9 Å². The smallest absolute Gasteiger partial charge is 0.322 e. The van der Waals surface area contributed by atoms with Gasteiger partial charge in [0.25, 0.3) is 0 Å². The zero-order valence-electron chi connectivity index (χ0n) is 16.0. The first kappa shape index (κ1) is 18.7. The van der Waals surface area contributed by atoms with Crippen LogP contribution in [0, 0.1) is 5.82 Å². The molecule has 1 aliphatic rings. The van der Waals surface area contributed by atoms with Crippen LogP contribution >= 0.6 is 11.6 Å². The van der Waals surface area contributed by atoms with Crippen LogP contribution in [0.25, 0.3) is 10.9 Å². The minimum atomic E-state index is -0.554. The number of rotatable bonds is 2. The van der Waals surface area contributed by atoms with Crippen molar-refractivity contribution in [1.29, 1.82) is 0 Å². The molecule has 1 aromatic heterocycles. The number of hydrogen-bond acceptors (Lipinski definition) is 1. The van der Waals surface area contributed by atoms with Gasteiger partial charge in [-0.3, -0.25) is 0 Å². The quantitative estimate of drug-likeness (QED) is 0.402. The molecule has 0 bridgehead atoms. The molecular formula is C24H19ClFN3O. The molecule has 0 radical (unpaired) electrons. The number of nitrogens with one attached hydrogen (secondary N) is 2. The van der Waals surface area contributed by atoms with E-state index in [2.05, 4.69) is 16.4 Å². The standard InChI is InChI=1S/C24H19ClFN3O/c25-15-6-5-7-16(14-15)27-24(30)29-13-12-18-17-8-2-4-11-21(17)28-22(18)23(29)19-9-1-3-10-20(19)26/h1-11,14,23,28H,12-13H2,(H,27,30)/t23-/m0/s1. The first-order valence-corrected chi connectivity index (χ1v) is 10.2. The minimum Gasteiger partial charge on any atom is -0.356 e. The summed E-state index contributed by atoms with van der Waals surface area (Å²) in [7, 11) is 0. The van der Waals surface area contributed by atoms with Gasteiger partial charge in [0, 0.05) is 39.4 Å². The van der Waals surface area contributed by atoms with Crippen molar-refractivity contribution in [2.24, 2.45) is 0 Å². The largest absolute Gasteiger partial charge is 0.356 e. The summed E-state index contributed by atoms with van der Waals surface area (Å²) in [5.74, 6) is -0.338. The molecule has 2 amide bonds. The number of amides is 2. The lowest BCUT2D eigenvalue weighted by molar-refractivity contribution is 0.192. The Morgan fingerprint density at radius 2 is 1.87 bits per heavy atom. The third-order valence-corrected chi connectivity index (χ3v) is 5.81. The van der Waals surface area contributed by atoms with Gasteiger partial charge in [0.2, 0.25) is 0 Å². The van der Waals surface area contributed by atoms with E-state index in [1.54, 1.807) is 47.4 Å². The highest BCUT2D eigenvalue weighted by molar-refractivity contribution is 6.30. The van der Waals surface area contributed by atoms with Crippen LogP contribution < -0.4 is 5.32 Å². The van der Waals surface area contributed by atoms with Gasteiger partial charge >= 0.3 is 6.03 Å². The van der Waals surface area contributed by atoms with E-state index in [-0.39, 0.29) is 11.8 Å². The number of aromatic nitrogens is 1. The zero-order valence-corrected chi connectivity index (χ0v) is 16.8. The Balaban J connectivity index is 1.60. The van der Waals surface area contributed by atoms with Crippen molar-refractivity contribution < 1.29 is 9.18 Å². The molecule has 150 valence electrons.